The highest BCUT2D eigenvalue weighted by Gasteiger charge is 2.22. The summed E-state index contributed by atoms with van der Waals surface area (Å²) in [5.74, 6) is 0.769. The Kier molecular flexibility index (Phi) is 4.66. The Morgan fingerprint density at radius 1 is 1.30 bits per heavy atom. The molecule has 0 aliphatic carbocycles. The fourth-order valence-electron chi connectivity index (χ4n) is 2.78. The van der Waals surface area contributed by atoms with Gasteiger partial charge in [-0.15, -0.1) is 0 Å². The maximum atomic E-state index is 11.3. The summed E-state index contributed by atoms with van der Waals surface area (Å²) in [6.07, 6.45) is 3.07. The van der Waals surface area contributed by atoms with Gasteiger partial charge in [0.25, 0.3) is 5.56 Å². The van der Waals surface area contributed by atoms with E-state index in [9.17, 15) is 4.79 Å². The lowest BCUT2D eigenvalue weighted by molar-refractivity contribution is 0.0347. The minimum Gasteiger partial charge on any atom is -0.375 e. The second kappa shape index (κ2) is 6.87. The van der Waals surface area contributed by atoms with E-state index in [0.717, 1.165) is 49.0 Å². The summed E-state index contributed by atoms with van der Waals surface area (Å²) in [7, 11) is 0. The highest BCUT2D eigenvalue weighted by Crippen LogP contribution is 2.17. The van der Waals surface area contributed by atoms with E-state index in [1.807, 2.05) is 19.9 Å². The van der Waals surface area contributed by atoms with Gasteiger partial charge >= 0.3 is 0 Å². The van der Waals surface area contributed by atoms with Crippen LogP contribution in [0.5, 0.6) is 0 Å². The number of anilines is 1. The van der Waals surface area contributed by atoms with Gasteiger partial charge in [0.05, 0.1) is 19.0 Å². The van der Waals surface area contributed by atoms with Crippen LogP contribution in [0.4, 0.5) is 5.95 Å². The normalized spacial score (nSPS) is 18.2. The Hall–Kier alpha value is -2.28. The van der Waals surface area contributed by atoms with E-state index in [1.54, 1.807) is 0 Å². The molecular weight excluding hydrogens is 294 g/mol. The van der Waals surface area contributed by atoms with Gasteiger partial charge in [0.15, 0.2) is 0 Å². The van der Waals surface area contributed by atoms with E-state index in [1.165, 1.54) is 12.4 Å². The molecule has 1 saturated heterocycles. The van der Waals surface area contributed by atoms with Crippen molar-refractivity contribution in [3.8, 4) is 0 Å². The summed E-state index contributed by atoms with van der Waals surface area (Å²) in [6.45, 7) is 6.17. The van der Waals surface area contributed by atoms with E-state index < -0.39 is 0 Å². The molecule has 23 heavy (non-hydrogen) atoms. The fraction of sp³-hybridized carbons (Fsp3) is 0.500. The lowest BCUT2D eigenvalue weighted by Gasteiger charge is -2.33. The first-order chi connectivity index (χ1) is 11.1. The predicted octanol–water partition coefficient (Wildman–Crippen LogP) is 1.01. The molecule has 7 nitrogen and oxygen atoms in total. The maximum Gasteiger partial charge on any atom is 0.250 e. The van der Waals surface area contributed by atoms with Crippen LogP contribution in [0.15, 0.2) is 23.3 Å². The molecule has 2 aromatic heterocycles. The number of rotatable bonds is 4. The standard InChI is InChI=1S/C16H21N5O2/c1-11-7-12(2)20-16(19-11)21-5-6-23-14(9-21)4-3-13-8-15(22)18-10-17-13/h7-8,10,14H,3-6,9H2,1-2H3,(H,17,18,22). The summed E-state index contributed by atoms with van der Waals surface area (Å²) in [5, 5.41) is 0. The van der Waals surface area contributed by atoms with Gasteiger partial charge in [0.1, 0.15) is 0 Å². The third-order valence-corrected chi connectivity index (χ3v) is 3.85. The van der Waals surface area contributed by atoms with Gasteiger partial charge in [-0.05, 0) is 32.8 Å². The first-order valence-corrected chi connectivity index (χ1v) is 7.82. The van der Waals surface area contributed by atoms with Crippen LogP contribution in [-0.2, 0) is 11.2 Å². The number of aromatic nitrogens is 4. The van der Waals surface area contributed by atoms with Gasteiger partial charge in [-0.2, -0.15) is 0 Å². The average Bonchev–Trinajstić information content (AvgIpc) is 2.52. The topological polar surface area (TPSA) is 84.0 Å². The van der Waals surface area contributed by atoms with Crippen molar-refractivity contribution in [1.82, 2.24) is 19.9 Å². The summed E-state index contributed by atoms with van der Waals surface area (Å²) in [5.41, 5.74) is 2.62. The van der Waals surface area contributed by atoms with Gasteiger partial charge in [-0.3, -0.25) is 4.79 Å². The van der Waals surface area contributed by atoms with E-state index in [2.05, 4.69) is 24.8 Å². The van der Waals surface area contributed by atoms with Crippen molar-refractivity contribution in [2.45, 2.75) is 32.8 Å². The monoisotopic (exact) mass is 315 g/mol. The largest absolute Gasteiger partial charge is 0.375 e. The zero-order valence-corrected chi connectivity index (χ0v) is 13.5. The number of hydrogen-bond donors (Lipinski definition) is 1. The molecule has 0 amide bonds. The molecule has 1 unspecified atom stereocenters. The zero-order chi connectivity index (χ0) is 16.2. The van der Waals surface area contributed by atoms with E-state index in [0.29, 0.717) is 6.61 Å². The zero-order valence-electron chi connectivity index (χ0n) is 13.5. The van der Waals surface area contributed by atoms with Crippen LogP contribution in [0.1, 0.15) is 23.5 Å². The molecule has 2 aromatic rings. The molecule has 1 fully saturated rings. The third-order valence-electron chi connectivity index (χ3n) is 3.85. The van der Waals surface area contributed by atoms with Crippen LogP contribution in [0.25, 0.3) is 0 Å². The fourth-order valence-corrected chi connectivity index (χ4v) is 2.78. The molecule has 0 aromatic carbocycles. The Morgan fingerprint density at radius 2 is 2.09 bits per heavy atom. The van der Waals surface area contributed by atoms with E-state index in [-0.39, 0.29) is 11.7 Å². The Morgan fingerprint density at radius 3 is 2.83 bits per heavy atom. The van der Waals surface area contributed by atoms with E-state index >= 15 is 0 Å². The number of morpholine rings is 1. The van der Waals surface area contributed by atoms with Gasteiger partial charge in [0, 0.05) is 36.2 Å². The number of H-pyrrole nitrogens is 1. The number of nitrogens with zero attached hydrogens (tertiary/aromatic N) is 4. The number of aryl methyl sites for hydroxylation is 3. The van der Waals surface area contributed by atoms with Crippen molar-refractivity contribution in [2.24, 2.45) is 0 Å². The van der Waals surface area contributed by atoms with E-state index in [4.69, 9.17) is 4.74 Å². The molecule has 0 saturated carbocycles. The minimum absolute atomic E-state index is 0.0919. The lowest BCUT2D eigenvalue weighted by Crippen LogP contribution is -2.43. The van der Waals surface area contributed by atoms with Crippen molar-refractivity contribution >= 4 is 5.95 Å². The summed E-state index contributed by atoms with van der Waals surface area (Å²) < 4.78 is 5.83. The second-order valence-corrected chi connectivity index (χ2v) is 5.83. The predicted molar refractivity (Wildman–Crippen MR) is 86.6 cm³/mol. The van der Waals surface area contributed by atoms with Crippen molar-refractivity contribution in [2.75, 3.05) is 24.6 Å². The summed E-state index contributed by atoms with van der Waals surface area (Å²) >= 11 is 0. The Bertz CT molecular complexity index is 710. The van der Waals surface area contributed by atoms with Crippen LogP contribution in [0.3, 0.4) is 0 Å². The maximum absolute atomic E-state index is 11.3. The van der Waals surface area contributed by atoms with Crippen molar-refractivity contribution in [3.63, 3.8) is 0 Å². The van der Waals surface area contributed by atoms with Gasteiger partial charge < -0.3 is 14.6 Å². The molecule has 1 aliphatic heterocycles. The smallest absolute Gasteiger partial charge is 0.250 e. The van der Waals surface area contributed by atoms with Crippen molar-refractivity contribution in [3.05, 3.63) is 45.9 Å². The first-order valence-electron chi connectivity index (χ1n) is 7.82. The number of aromatic amines is 1. The minimum atomic E-state index is -0.121. The quantitative estimate of drug-likeness (QED) is 0.906. The number of nitrogens with one attached hydrogen (secondary N) is 1. The summed E-state index contributed by atoms with van der Waals surface area (Å²) in [6, 6.07) is 3.51. The molecule has 0 radical (unpaired) electrons. The molecule has 122 valence electrons. The summed E-state index contributed by atoms with van der Waals surface area (Å²) in [4.78, 5) is 29.2. The van der Waals surface area contributed by atoms with Crippen LogP contribution in [0, 0.1) is 13.8 Å². The molecule has 1 N–H and O–H groups in total. The Labute approximate surface area is 134 Å². The van der Waals surface area contributed by atoms with Crippen molar-refractivity contribution < 1.29 is 4.74 Å². The highest BCUT2D eigenvalue weighted by atomic mass is 16.5. The van der Waals surface area contributed by atoms with Crippen LogP contribution in [-0.4, -0.2) is 45.7 Å². The molecule has 0 spiro atoms. The van der Waals surface area contributed by atoms with Gasteiger partial charge in [-0.1, -0.05) is 0 Å². The highest BCUT2D eigenvalue weighted by molar-refractivity contribution is 5.33. The van der Waals surface area contributed by atoms with Crippen molar-refractivity contribution in [1.29, 1.82) is 0 Å². The van der Waals surface area contributed by atoms with Crippen LogP contribution in [0.2, 0.25) is 0 Å². The van der Waals surface area contributed by atoms with Gasteiger partial charge in [-0.25, -0.2) is 15.0 Å². The number of ether oxygens (including phenoxy) is 1. The Balaban J connectivity index is 1.63. The number of hydrogen-bond acceptors (Lipinski definition) is 6. The van der Waals surface area contributed by atoms with Gasteiger partial charge in [0.2, 0.25) is 5.95 Å². The SMILES string of the molecule is Cc1cc(C)nc(N2CCOC(CCc3cc(=O)[nH]cn3)C2)n1. The third kappa shape index (κ3) is 4.13. The molecular formula is C16H21N5O2. The molecule has 3 heterocycles. The van der Waals surface area contributed by atoms with Crippen LogP contribution >= 0.6 is 0 Å². The average molecular weight is 315 g/mol. The molecule has 7 heteroatoms. The molecule has 1 atom stereocenters. The van der Waals surface area contributed by atoms with Crippen LogP contribution < -0.4 is 10.5 Å². The molecule has 3 rings (SSSR count). The first kappa shape index (κ1) is 15.6. The second-order valence-electron chi connectivity index (χ2n) is 5.83. The lowest BCUT2D eigenvalue weighted by atomic mass is 10.1. The molecule has 1 aliphatic rings. The molecule has 0 bridgehead atoms.